The Labute approximate surface area is 314 Å². The summed E-state index contributed by atoms with van der Waals surface area (Å²) in [7, 11) is 1.47. The highest BCUT2D eigenvalue weighted by atomic mass is 31.2. The number of ether oxygens (including phenoxy) is 2. The van der Waals surface area contributed by atoms with Gasteiger partial charge in [0.2, 0.25) is 0 Å². The molecule has 2 atom stereocenters. The number of phosphoric ester groups is 1. The molecule has 0 saturated heterocycles. The van der Waals surface area contributed by atoms with Crippen LogP contribution in [0.4, 0.5) is 0 Å². The molecular weight excluding hydrogens is 665 g/mol. The highest BCUT2D eigenvalue weighted by Gasteiger charge is 2.27. The Morgan fingerprint density at radius 2 is 1.04 bits per heavy atom. The van der Waals surface area contributed by atoms with Gasteiger partial charge in [-0.15, -0.1) is 0 Å². The molecule has 1 N–H and O–H groups in total. The maximum absolute atomic E-state index is 12.6. The minimum Gasteiger partial charge on any atom is -0.462 e. The first kappa shape index (κ1) is 49.8. The van der Waals surface area contributed by atoms with Gasteiger partial charge in [-0.3, -0.25) is 18.6 Å². The Morgan fingerprint density at radius 1 is 0.588 bits per heavy atom. The van der Waals surface area contributed by atoms with Gasteiger partial charge in [0.1, 0.15) is 19.8 Å². The fourth-order valence-corrected chi connectivity index (χ4v) is 6.48. The fourth-order valence-electron chi connectivity index (χ4n) is 5.74. The SMILES string of the molecule is CCCCCCCCCCCCC/C=C/CCC(=O)O[C@H](COC(=O)CCCCCCCCCCCCCC)COP(=O)(O)OCC[N+](C)(C)C. The molecule has 0 aromatic rings. The predicted molar refractivity (Wildman–Crippen MR) is 211 cm³/mol. The Bertz CT molecular complexity index is 891. The maximum atomic E-state index is 12.6. The van der Waals surface area contributed by atoms with Gasteiger partial charge in [-0.05, 0) is 25.7 Å². The van der Waals surface area contributed by atoms with Crippen molar-refractivity contribution in [1.29, 1.82) is 0 Å². The van der Waals surface area contributed by atoms with Crippen molar-refractivity contribution < 1.29 is 42.1 Å². The molecule has 0 radical (unpaired) electrons. The molecule has 0 bridgehead atoms. The predicted octanol–water partition coefficient (Wildman–Crippen LogP) is 11.4. The second-order valence-corrected chi connectivity index (χ2v) is 16.8. The van der Waals surface area contributed by atoms with Gasteiger partial charge in [-0.1, -0.05) is 161 Å². The molecule has 0 rings (SSSR count). The normalized spacial score (nSPS) is 13.8. The van der Waals surface area contributed by atoms with E-state index in [2.05, 4.69) is 19.9 Å². The Hall–Kier alpha value is -1.25. The third kappa shape index (κ3) is 38.3. The van der Waals surface area contributed by atoms with Crippen LogP contribution in [0, 0.1) is 0 Å². The van der Waals surface area contributed by atoms with Crippen molar-refractivity contribution in [3.8, 4) is 0 Å². The number of quaternary nitrogens is 1. The molecule has 9 nitrogen and oxygen atoms in total. The van der Waals surface area contributed by atoms with E-state index in [1.165, 1.54) is 122 Å². The number of phosphoric acid groups is 1. The quantitative estimate of drug-likeness (QED) is 0.0219. The number of hydrogen-bond donors (Lipinski definition) is 1. The Balaban J connectivity index is 4.42. The average molecular weight is 747 g/mol. The second kappa shape index (κ2) is 34.5. The first-order valence-electron chi connectivity index (χ1n) is 20.9. The minimum absolute atomic E-state index is 0.0291. The lowest BCUT2D eigenvalue weighted by atomic mass is 10.0. The van der Waals surface area contributed by atoms with E-state index < -0.39 is 26.5 Å². The van der Waals surface area contributed by atoms with Gasteiger partial charge < -0.3 is 18.9 Å². The minimum atomic E-state index is -4.37. The molecular formula is C41H81NO8P+. The fraction of sp³-hybridized carbons (Fsp3) is 0.902. The Morgan fingerprint density at radius 3 is 1.53 bits per heavy atom. The van der Waals surface area contributed by atoms with Crippen molar-refractivity contribution in [3.05, 3.63) is 12.2 Å². The van der Waals surface area contributed by atoms with E-state index in [1.807, 2.05) is 27.2 Å². The van der Waals surface area contributed by atoms with E-state index in [9.17, 15) is 19.0 Å². The molecule has 51 heavy (non-hydrogen) atoms. The van der Waals surface area contributed by atoms with Crippen LogP contribution in [0.1, 0.15) is 187 Å². The van der Waals surface area contributed by atoms with Crippen molar-refractivity contribution in [2.45, 2.75) is 193 Å². The second-order valence-electron chi connectivity index (χ2n) is 15.4. The van der Waals surface area contributed by atoms with Gasteiger partial charge in [0.25, 0.3) is 0 Å². The summed E-state index contributed by atoms with van der Waals surface area (Å²) in [4.78, 5) is 35.2. The van der Waals surface area contributed by atoms with E-state index in [4.69, 9.17) is 18.5 Å². The number of unbranched alkanes of at least 4 members (excludes halogenated alkanes) is 22. The molecule has 0 aromatic carbocycles. The van der Waals surface area contributed by atoms with Crippen LogP contribution in [0.25, 0.3) is 0 Å². The van der Waals surface area contributed by atoms with Gasteiger partial charge in [0, 0.05) is 12.8 Å². The number of rotatable bonds is 38. The summed E-state index contributed by atoms with van der Waals surface area (Å²) in [5, 5.41) is 0. The Kier molecular flexibility index (Phi) is 33.7. The molecule has 10 heteroatoms. The van der Waals surface area contributed by atoms with Gasteiger partial charge in [0.15, 0.2) is 6.10 Å². The summed E-state index contributed by atoms with van der Waals surface area (Å²) in [6.45, 7) is 4.39. The van der Waals surface area contributed by atoms with Crippen molar-refractivity contribution >= 4 is 19.8 Å². The highest BCUT2D eigenvalue weighted by Crippen LogP contribution is 2.43. The van der Waals surface area contributed by atoms with E-state index in [1.54, 1.807) is 0 Å². The molecule has 0 amide bonds. The summed E-state index contributed by atoms with van der Waals surface area (Å²) in [6.07, 6.45) is 34.1. The molecule has 302 valence electrons. The van der Waals surface area contributed by atoms with E-state index in [0.717, 1.165) is 32.1 Å². The molecule has 0 aromatic heterocycles. The van der Waals surface area contributed by atoms with Gasteiger partial charge in [-0.25, -0.2) is 4.57 Å². The van der Waals surface area contributed by atoms with Crippen molar-refractivity contribution in [1.82, 2.24) is 0 Å². The third-order valence-electron chi connectivity index (χ3n) is 9.06. The molecule has 0 spiro atoms. The van der Waals surface area contributed by atoms with Crippen LogP contribution < -0.4 is 0 Å². The van der Waals surface area contributed by atoms with Crippen LogP contribution in [0.3, 0.4) is 0 Å². The van der Waals surface area contributed by atoms with Crippen LogP contribution in [0.5, 0.6) is 0 Å². The zero-order valence-corrected chi connectivity index (χ0v) is 34.7. The van der Waals surface area contributed by atoms with Crippen LogP contribution >= 0.6 is 7.82 Å². The van der Waals surface area contributed by atoms with Crippen LogP contribution in [-0.4, -0.2) is 74.9 Å². The van der Waals surface area contributed by atoms with E-state index in [-0.39, 0.29) is 32.0 Å². The molecule has 1 unspecified atom stereocenters. The standard InChI is InChI=1S/C41H80NO8P/c1-6-8-10-12-14-16-18-20-21-22-24-26-28-30-32-34-41(44)50-39(38-49-51(45,46)48-36-35-42(3,4)5)37-47-40(43)33-31-29-27-25-23-19-17-15-13-11-9-7-2/h28,30,39H,6-27,29,31-38H2,1-5H3/p+1/b30-28+/t39-/m1/s1. The van der Waals surface area contributed by atoms with Crippen LogP contribution in [0.2, 0.25) is 0 Å². The number of hydrogen-bond acceptors (Lipinski definition) is 7. The summed E-state index contributed by atoms with van der Waals surface area (Å²) < 4.78 is 34.2. The van der Waals surface area contributed by atoms with Gasteiger partial charge in [-0.2, -0.15) is 0 Å². The maximum Gasteiger partial charge on any atom is 0.472 e. The van der Waals surface area contributed by atoms with E-state index in [0.29, 0.717) is 17.4 Å². The number of nitrogens with zero attached hydrogens (tertiary/aromatic N) is 1. The molecule has 0 saturated carbocycles. The average Bonchev–Trinajstić information content (AvgIpc) is 3.07. The molecule has 0 aliphatic rings. The molecule has 0 fully saturated rings. The highest BCUT2D eigenvalue weighted by molar-refractivity contribution is 7.47. The number of allylic oxidation sites excluding steroid dienone is 2. The van der Waals surface area contributed by atoms with Crippen molar-refractivity contribution in [2.75, 3.05) is 47.5 Å². The first-order chi connectivity index (χ1) is 24.5. The summed E-state index contributed by atoms with van der Waals surface area (Å²) in [6, 6.07) is 0. The first-order valence-corrected chi connectivity index (χ1v) is 22.4. The number of carbonyl (C=O) groups is 2. The number of carbonyl (C=O) groups excluding carboxylic acids is 2. The van der Waals surface area contributed by atoms with Gasteiger partial charge >= 0.3 is 19.8 Å². The van der Waals surface area contributed by atoms with E-state index >= 15 is 0 Å². The summed E-state index contributed by atoms with van der Waals surface area (Å²) in [5.41, 5.74) is 0. The number of esters is 2. The van der Waals surface area contributed by atoms with Crippen LogP contribution in [0.15, 0.2) is 12.2 Å². The largest absolute Gasteiger partial charge is 0.472 e. The third-order valence-corrected chi connectivity index (χ3v) is 10.0. The van der Waals surface area contributed by atoms with Gasteiger partial charge in [0.05, 0.1) is 27.7 Å². The molecule has 0 aliphatic heterocycles. The lowest BCUT2D eigenvalue weighted by Gasteiger charge is -2.24. The smallest absolute Gasteiger partial charge is 0.462 e. The molecule has 0 heterocycles. The topological polar surface area (TPSA) is 108 Å². The monoisotopic (exact) mass is 747 g/mol. The molecule has 0 aliphatic carbocycles. The summed E-state index contributed by atoms with van der Waals surface area (Å²) >= 11 is 0. The van der Waals surface area contributed by atoms with Crippen molar-refractivity contribution in [2.24, 2.45) is 0 Å². The van der Waals surface area contributed by atoms with Crippen LogP contribution in [-0.2, 0) is 32.7 Å². The summed E-state index contributed by atoms with van der Waals surface area (Å²) in [5.74, 6) is -0.849. The zero-order chi connectivity index (χ0) is 37.9. The zero-order valence-electron chi connectivity index (χ0n) is 33.9. The number of likely N-dealkylation sites (N-methyl/N-ethyl adjacent to an activating group) is 1. The lowest BCUT2D eigenvalue weighted by Crippen LogP contribution is -2.37. The lowest BCUT2D eigenvalue weighted by molar-refractivity contribution is -0.870. The van der Waals surface area contributed by atoms with Crippen molar-refractivity contribution in [3.63, 3.8) is 0 Å².